The second kappa shape index (κ2) is 8.52. The highest BCUT2D eigenvalue weighted by Gasteiger charge is 2.14. The van der Waals surface area contributed by atoms with E-state index >= 15 is 0 Å². The van der Waals surface area contributed by atoms with Crippen LogP contribution in [0.1, 0.15) is 37.6 Å². The summed E-state index contributed by atoms with van der Waals surface area (Å²) in [5.74, 6) is -0.431. The molecule has 0 aromatic heterocycles. The number of hydrogen-bond acceptors (Lipinski definition) is 4. The average Bonchev–Trinajstić information content (AvgIpc) is 2.48. The molecule has 118 valence electrons. The molecular weight excluding hydrogens is 264 g/mol. The first-order chi connectivity index (χ1) is 10.0. The third kappa shape index (κ3) is 4.93. The number of carbonyl (C=O) groups is 1. The normalized spacial score (nSPS) is 10.9. The zero-order chi connectivity index (χ0) is 15.8. The van der Waals surface area contributed by atoms with E-state index in [1.807, 2.05) is 12.1 Å². The van der Waals surface area contributed by atoms with Gasteiger partial charge in [-0.15, -0.1) is 0 Å². The van der Waals surface area contributed by atoms with Crippen molar-refractivity contribution in [3.8, 4) is 0 Å². The van der Waals surface area contributed by atoms with E-state index in [0.717, 1.165) is 44.8 Å². The van der Waals surface area contributed by atoms with Gasteiger partial charge in [0.05, 0.1) is 5.56 Å². The smallest absolute Gasteiger partial charge is 0.250 e. The molecule has 4 N–H and O–H groups in total. The number of primary amides is 1. The van der Waals surface area contributed by atoms with Crippen LogP contribution < -0.4 is 16.4 Å². The maximum Gasteiger partial charge on any atom is 0.250 e. The zero-order valence-electron chi connectivity index (χ0n) is 13.4. The third-order valence-corrected chi connectivity index (χ3v) is 3.81. The molecule has 0 saturated heterocycles. The lowest BCUT2D eigenvalue weighted by Crippen LogP contribution is -2.31. The maximum absolute atomic E-state index is 11.6. The summed E-state index contributed by atoms with van der Waals surface area (Å²) in [6, 6.07) is 5.36. The van der Waals surface area contributed by atoms with Crippen molar-refractivity contribution in [2.24, 2.45) is 5.73 Å². The summed E-state index contributed by atoms with van der Waals surface area (Å²) in [5, 5.41) is 0. The van der Waals surface area contributed by atoms with Crippen LogP contribution in [0.2, 0.25) is 0 Å². The molecule has 0 heterocycles. The molecule has 0 atom stereocenters. The van der Waals surface area contributed by atoms with Crippen molar-refractivity contribution >= 4 is 17.3 Å². The van der Waals surface area contributed by atoms with Crippen molar-refractivity contribution in [2.45, 2.75) is 27.2 Å². The van der Waals surface area contributed by atoms with E-state index in [1.165, 1.54) is 0 Å². The van der Waals surface area contributed by atoms with E-state index in [4.69, 9.17) is 11.5 Å². The van der Waals surface area contributed by atoms with Crippen LogP contribution in [0.25, 0.3) is 0 Å². The lowest BCUT2D eigenvalue weighted by atomic mass is 10.1. The van der Waals surface area contributed by atoms with E-state index in [0.29, 0.717) is 11.3 Å². The number of anilines is 2. The van der Waals surface area contributed by atoms with Crippen LogP contribution in [0, 0.1) is 0 Å². The number of hydrogen-bond donors (Lipinski definition) is 2. The summed E-state index contributed by atoms with van der Waals surface area (Å²) in [7, 11) is 0. The molecule has 5 heteroatoms. The molecule has 0 spiro atoms. The van der Waals surface area contributed by atoms with Gasteiger partial charge in [-0.05, 0) is 51.2 Å². The third-order valence-electron chi connectivity index (χ3n) is 3.81. The Morgan fingerprint density at radius 1 is 1.10 bits per heavy atom. The molecule has 0 fully saturated rings. The van der Waals surface area contributed by atoms with Crippen LogP contribution in [0.15, 0.2) is 18.2 Å². The Balaban J connectivity index is 2.78. The first-order valence-corrected chi connectivity index (χ1v) is 7.70. The molecule has 0 saturated carbocycles. The quantitative estimate of drug-likeness (QED) is 0.682. The van der Waals surface area contributed by atoms with Crippen LogP contribution in [-0.4, -0.2) is 43.5 Å². The van der Waals surface area contributed by atoms with E-state index in [2.05, 4.69) is 30.6 Å². The number of carbonyl (C=O) groups excluding carboxylic acids is 1. The first-order valence-electron chi connectivity index (χ1n) is 7.70. The predicted octanol–water partition coefficient (Wildman–Crippen LogP) is 1.93. The van der Waals surface area contributed by atoms with Gasteiger partial charge in [0.25, 0.3) is 5.91 Å². The molecule has 0 aliphatic rings. The molecule has 5 nitrogen and oxygen atoms in total. The lowest BCUT2D eigenvalue weighted by molar-refractivity contribution is 0.100. The number of nitrogen functional groups attached to an aromatic ring is 1. The van der Waals surface area contributed by atoms with Gasteiger partial charge in [0.2, 0.25) is 0 Å². The minimum absolute atomic E-state index is 0.431. The van der Waals surface area contributed by atoms with Gasteiger partial charge in [-0.25, -0.2) is 0 Å². The number of rotatable bonds is 9. The fraction of sp³-hybridized carbons (Fsp3) is 0.562. The maximum atomic E-state index is 11.6. The molecule has 21 heavy (non-hydrogen) atoms. The highest BCUT2D eigenvalue weighted by Crippen LogP contribution is 2.23. The molecule has 0 radical (unpaired) electrons. The summed E-state index contributed by atoms with van der Waals surface area (Å²) in [4.78, 5) is 16.2. The Labute approximate surface area is 127 Å². The summed E-state index contributed by atoms with van der Waals surface area (Å²) in [6.45, 7) is 11.4. The highest BCUT2D eigenvalue weighted by atomic mass is 16.1. The van der Waals surface area contributed by atoms with Crippen molar-refractivity contribution in [3.63, 3.8) is 0 Å². The molecule has 0 aliphatic heterocycles. The van der Waals surface area contributed by atoms with Gasteiger partial charge in [-0.3, -0.25) is 4.79 Å². The number of nitrogens with two attached hydrogens (primary N) is 2. The topological polar surface area (TPSA) is 75.6 Å². The minimum Gasteiger partial charge on any atom is -0.399 e. The van der Waals surface area contributed by atoms with E-state index in [9.17, 15) is 4.79 Å². The Morgan fingerprint density at radius 2 is 1.76 bits per heavy atom. The molecule has 1 aromatic carbocycles. The van der Waals surface area contributed by atoms with E-state index < -0.39 is 5.91 Å². The number of nitrogens with zero attached hydrogens (tertiary/aromatic N) is 2. The van der Waals surface area contributed by atoms with Crippen LogP contribution in [0.5, 0.6) is 0 Å². The van der Waals surface area contributed by atoms with Gasteiger partial charge in [0, 0.05) is 24.5 Å². The molecule has 0 aliphatic carbocycles. The van der Waals surface area contributed by atoms with Crippen LogP contribution >= 0.6 is 0 Å². The van der Waals surface area contributed by atoms with Gasteiger partial charge < -0.3 is 21.3 Å². The van der Waals surface area contributed by atoms with E-state index in [1.54, 1.807) is 6.07 Å². The van der Waals surface area contributed by atoms with Gasteiger partial charge in [0.15, 0.2) is 0 Å². The Bertz CT molecular complexity index is 458. The van der Waals surface area contributed by atoms with E-state index in [-0.39, 0.29) is 0 Å². The van der Waals surface area contributed by atoms with Crippen molar-refractivity contribution < 1.29 is 4.79 Å². The standard InChI is InChI=1S/C16H28N4O/c1-4-19(5-2)10-7-11-20(6-3)15-9-8-13(17)12-14(15)16(18)21/h8-9,12H,4-7,10-11,17H2,1-3H3,(H2,18,21). The molecule has 1 rings (SSSR count). The molecule has 0 unspecified atom stereocenters. The molecule has 1 aromatic rings. The SMILES string of the molecule is CCN(CC)CCCN(CC)c1ccc(N)cc1C(N)=O. The fourth-order valence-electron chi connectivity index (χ4n) is 2.50. The zero-order valence-corrected chi connectivity index (χ0v) is 13.4. The highest BCUT2D eigenvalue weighted by molar-refractivity contribution is 5.99. The Hall–Kier alpha value is -1.75. The monoisotopic (exact) mass is 292 g/mol. The summed E-state index contributed by atoms with van der Waals surface area (Å²) >= 11 is 0. The summed E-state index contributed by atoms with van der Waals surface area (Å²) in [5.41, 5.74) is 13.2. The van der Waals surface area contributed by atoms with Gasteiger partial charge >= 0.3 is 0 Å². The van der Waals surface area contributed by atoms with Gasteiger partial charge in [0.1, 0.15) is 0 Å². The number of amides is 1. The second-order valence-electron chi connectivity index (χ2n) is 5.10. The van der Waals surface area contributed by atoms with Crippen LogP contribution in [-0.2, 0) is 0 Å². The van der Waals surface area contributed by atoms with Crippen molar-refractivity contribution in [2.75, 3.05) is 43.4 Å². The van der Waals surface area contributed by atoms with Crippen LogP contribution in [0.4, 0.5) is 11.4 Å². The van der Waals surface area contributed by atoms with Crippen molar-refractivity contribution in [3.05, 3.63) is 23.8 Å². The average molecular weight is 292 g/mol. The van der Waals surface area contributed by atoms with Crippen molar-refractivity contribution in [1.29, 1.82) is 0 Å². The largest absolute Gasteiger partial charge is 0.399 e. The summed E-state index contributed by atoms with van der Waals surface area (Å²) in [6.07, 6.45) is 1.05. The van der Waals surface area contributed by atoms with Crippen molar-refractivity contribution in [1.82, 2.24) is 4.90 Å². The molecule has 0 bridgehead atoms. The summed E-state index contributed by atoms with van der Waals surface area (Å²) < 4.78 is 0. The molecular formula is C16H28N4O. The number of benzene rings is 1. The first kappa shape index (κ1) is 17.3. The second-order valence-corrected chi connectivity index (χ2v) is 5.10. The van der Waals surface area contributed by atoms with Crippen LogP contribution in [0.3, 0.4) is 0 Å². The Morgan fingerprint density at radius 3 is 2.29 bits per heavy atom. The predicted molar refractivity (Wildman–Crippen MR) is 89.7 cm³/mol. The fourth-order valence-corrected chi connectivity index (χ4v) is 2.50. The Kier molecular flexibility index (Phi) is 7.02. The lowest BCUT2D eigenvalue weighted by Gasteiger charge is -2.27. The minimum atomic E-state index is -0.431. The van der Waals surface area contributed by atoms with Gasteiger partial charge in [-0.1, -0.05) is 13.8 Å². The van der Waals surface area contributed by atoms with Gasteiger partial charge in [-0.2, -0.15) is 0 Å². The molecule has 1 amide bonds.